The molecule has 0 radical (unpaired) electrons. The van der Waals surface area contributed by atoms with E-state index in [1.165, 1.54) is 12.1 Å². The molecule has 0 fully saturated rings. The van der Waals surface area contributed by atoms with Gasteiger partial charge in [0.2, 0.25) is 0 Å². The third-order valence-corrected chi connectivity index (χ3v) is 4.43. The maximum Gasteiger partial charge on any atom is 0.253 e. The first-order valence-electron chi connectivity index (χ1n) is 6.60. The summed E-state index contributed by atoms with van der Waals surface area (Å²) in [6.45, 7) is 5.31. The van der Waals surface area contributed by atoms with Gasteiger partial charge in [0, 0.05) is 24.9 Å². The number of rotatable bonds is 6. The average Bonchev–Trinajstić information content (AvgIpc) is 2.37. The van der Waals surface area contributed by atoms with Crippen molar-refractivity contribution in [1.29, 1.82) is 0 Å². The molecule has 0 unspecified atom stereocenters. The first kappa shape index (κ1) is 17.0. The Balaban J connectivity index is 3.16. The second-order valence-corrected chi connectivity index (χ2v) is 7.10. The van der Waals surface area contributed by atoms with Gasteiger partial charge in [0.25, 0.3) is 5.91 Å². The minimum atomic E-state index is -3.44. The van der Waals surface area contributed by atoms with Gasteiger partial charge in [-0.2, -0.15) is 0 Å². The number of sulfone groups is 1. The van der Waals surface area contributed by atoms with E-state index in [1.807, 2.05) is 13.8 Å². The third-order valence-electron chi connectivity index (χ3n) is 2.85. The van der Waals surface area contributed by atoms with Gasteiger partial charge in [0.15, 0.2) is 9.84 Å². The van der Waals surface area contributed by atoms with Crippen molar-refractivity contribution in [3.63, 3.8) is 0 Å². The van der Waals surface area contributed by atoms with Crippen molar-refractivity contribution in [2.75, 3.05) is 19.3 Å². The Hall–Kier alpha value is -1.07. The molecule has 0 spiro atoms. The fourth-order valence-corrected chi connectivity index (χ4v) is 3.26. The number of benzene rings is 1. The molecule has 1 aromatic carbocycles. The highest BCUT2D eigenvalue weighted by Gasteiger charge is 2.19. The first-order valence-corrected chi connectivity index (χ1v) is 8.87. The summed E-state index contributed by atoms with van der Waals surface area (Å²) in [5, 5.41) is 0.140. The maximum atomic E-state index is 12.4. The Bertz CT molecular complexity index is 578. The van der Waals surface area contributed by atoms with E-state index >= 15 is 0 Å². The van der Waals surface area contributed by atoms with Crippen LogP contribution >= 0.6 is 11.6 Å². The van der Waals surface area contributed by atoms with Gasteiger partial charge in [-0.25, -0.2) is 8.42 Å². The molecule has 0 aliphatic carbocycles. The Morgan fingerprint density at radius 1 is 1.20 bits per heavy atom. The minimum Gasteiger partial charge on any atom is -0.339 e. The van der Waals surface area contributed by atoms with Crippen LogP contribution in [0, 0.1) is 0 Å². The van der Waals surface area contributed by atoms with E-state index in [9.17, 15) is 13.2 Å². The Morgan fingerprint density at radius 2 is 1.75 bits per heavy atom. The van der Waals surface area contributed by atoms with Crippen LogP contribution in [0.2, 0.25) is 5.02 Å². The largest absolute Gasteiger partial charge is 0.339 e. The van der Waals surface area contributed by atoms with Crippen LogP contribution < -0.4 is 0 Å². The molecule has 0 saturated carbocycles. The van der Waals surface area contributed by atoms with Gasteiger partial charge in [-0.05, 0) is 31.0 Å². The topological polar surface area (TPSA) is 54.5 Å². The minimum absolute atomic E-state index is 0.00189. The number of hydrogen-bond acceptors (Lipinski definition) is 3. The van der Waals surface area contributed by atoms with Crippen molar-refractivity contribution in [3.8, 4) is 0 Å². The first-order chi connectivity index (χ1) is 9.31. The number of nitrogens with zero attached hydrogens (tertiary/aromatic N) is 1. The van der Waals surface area contributed by atoms with Gasteiger partial charge in [0.1, 0.15) is 0 Å². The van der Waals surface area contributed by atoms with Crippen LogP contribution in [-0.4, -0.2) is 38.6 Å². The fraction of sp³-hybridized carbons (Fsp3) is 0.500. The van der Waals surface area contributed by atoms with Gasteiger partial charge in [-0.3, -0.25) is 4.79 Å². The lowest BCUT2D eigenvalue weighted by atomic mass is 10.2. The van der Waals surface area contributed by atoms with Crippen LogP contribution in [0.15, 0.2) is 23.1 Å². The molecule has 0 aliphatic rings. The molecule has 1 aromatic rings. The smallest absolute Gasteiger partial charge is 0.253 e. The molecule has 112 valence electrons. The summed E-state index contributed by atoms with van der Waals surface area (Å²) in [4.78, 5) is 14.1. The summed E-state index contributed by atoms with van der Waals surface area (Å²) in [6.07, 6.45) is 2.80. The van der Waals surface area contributed by atoms with Gasteiger partial charge in [-0.1, -0.05) is 25.4 Å². The standard InChI is InChI=1S/C14H20ClNO3S/c1-4-8-16(9-5-2)14(17)11-6-7-12(15)13(10-11)20(3,18)19/h6-7,10H,4-5,8-9H2,1-3H3. The van der Waals surface area contributed by atoms with Crippen LogP contribution in [0.1, 0.15) is 37.0 Å². The zero-order chi connectivity index (χ0) is 15.3. The van der Waals surface area contributed by atoms with E-state index in [-0.39, 0.29) is 15.8 Å². The molecular formula is C14H20ClNO3S. The molecule has 1 amide bonds. The highest BCUT2D eigenvalue weighted by Crippen LogP contribution is 2.23. The van der Waals surface area contributed by atoms with E-state index < -0.39 is 9.84 Å². The SMILES string of the molecule is CCCN(CCC)C(=O)c1ccc(Cl)c(S(C)(=O)=O)c1. The van der Waals surface area contributed by atoms with Crippen molar-refractivity contribution in [2.24, 2.45) is 0 Å². The van der Waals surface area contributed by atoms with Gasteiger partial charge < -0.3 is 4.90 Å². The average molecular weight is 318 g/mol. The summed E-state index contributed by atoms with van der Waals surface area (Å²) in [5.74, 6) is -0.157. The van der Waals surface area contributed by atoms with Gasteiger partial charge in [-0.15, -0.1) is 0 Å². The van der Waals surface area contributed by atoms with Crippen molar-refractivity contribution in [3.05, 3.63) is 28.8 Å². The molecule has 0 aliphatic heterocycles. The monoisotopic (exact) mass is 317 g/mol. The molecule has 20 heavy (non-hydrogen) atoms. The van der Waals surface area contributed by atoms with Crippen molar-refractivity contribution >= 4 is 27.3 Å². The highest BCUT2D eigenvalue weighted by molar-refractivity contribution is 7.90. The second kappa shape index (κ2) is 7.09. The van der Waals surface area contributed by atoms with Crippen LogP contribution in [0.25, 0.3) is 0 Å². The van der Waals surface area contributed by atoms with Crippen LogP contribution in [0.3, 0.4) is 0 Å². The lowest BCUT2D eigenvalue weighted by Crippen LogP contribution is -2.32. The molecule has 0 atom stereocenters. The predicted molar refractivity (Wildman–Crippen MR) is 81.0 cm³/mol. The van der Waals surface area contributed by atoms with E-state index in [2.05, 4.69) is 0 Å². The summed E-state index contributed by atoms with van der Waals surface area (Å²) in [7, 11) is -3.44. The van der Waals surface area contributed by atoms with Crippen LogP contribution in [0.5, 0.6) is 0 Å². The maximum absolute atomic E-state index is 12.4. The molecule has 0 aromatic heterocycles. The summed E-state index contributed by atoms with van der Waals surface area (Å²) in [5.41, 5.74) is 0.358. The van der Waals surface area contributed by atoms with Gasteiger partial charge >= 0.3 is 0 Å². The third kappa shape index (κ3) is 4.21. The molecule has 0 N–H and O–H groups in total. The molecular weight excluding hydrogens is 298 g/mol. The molecule has 6 heteroatoms. The summed E-state index contributed by atoms with van der Waals surface area (Å²) >= 11 is 5.88. The number of carbonyl (C=O) groups excluding carboxylic acids is 1. The zero-order valence-electron chi connectivity index (χ0n) is 12.0. The van der Waals surface area contributed by atoms with Crippen molar-refractivity contribution in [1.82, 2.24) is 4.90 Å². The predicted octanol–water partition coefficient (Wildman–Crippen LogP) is 3.01. The lowest BCUT2D eigenvalue weighted by molar-refractivity contribution is 0.0755. The number of carbonyl (C=O) groups is 1. The zero-order valence-corrected chi connectivity index (χ0v) is 13.6. The normalized spacial score (nSPS) is 11.4. The fourth-order valence-electron chi connectivity index (χ4n) is 1.96. The van der Waals surface area contributed by atoms with Crippen LogP contribution in [0.4, 0.5) is 0 Å². The Labute approximate surface area is 125 Å². The van der Waals surface area contributed by atoms with E-state index in [1.54, 1.807) is 11.0 Å². The number of hydrogen-bond donors (Lipinski definition) is 0. The molecule has 0 bridgehead atoms. The number of amides is 1. The van der Waals surface area contributed by atoms with E-state index in [0.29, 0.717) is 18.7 Å². The molecule has 1 rings (SSSR count). The van der Waals surface area contributed by atoms with E-state index in [4.69, 9.17) is 11.6 Å². The highest BCUT2D eigenvalue weighted by atomic mass is 35.5. The second-order valence-electron chi connectivity index (χ2n) is 4.71. The van der Waals surface area contributed by atoms with Crippen molar-refractivity contribution < 1.29 is 13.2 Å². The van der Waals surface area contributed by atoms with Gasteiger partial charge in [0.05, 0.1) is 9.92 Å². The quantitative estimate of drug-likeness (QED) is 0.810. The molecule has 0 saturated heterocycles. The van der Waals surface area contributed by atoms with E-state index in [0.717, 1.165) is 19.1 Å². The number of halogens is 1. The van der Waals surface area contributed by atoms with Crippen molar-refractivity contribution in [2.45, 2.75) is 31.6 Å². The molecule has 4 nitrogen and oxygen atoms in total. The summed E-state index contributed by atoms with van der Waals surface area (Å²) < 4.78 is 23.3. The molecule has 0 heterocycles. The Morgan fingerprint density at radius 3 is 2.20 bits per heavy atom. The summed E-state index contributed by atoms with van der Waals surface area (Å²) in [6, 6.07) is 4.39. The Kier molecular flexibility index (Phi) is 6.02. The van der Waals surface area contributed by atoms with Crippen LogP contribution in [-0.2, 0) is 9.84 Å². The lowest BCUT2D eigenvalue weighted by Gasteiger charge is -2.21.